The van der Waals surface area contributed by atoms with Crippen molar-refractivity contribution in [2.24, 2.45) is 10.9 Å². The summed E-state index contributed by atoms with van der Waals surface area (Å²) in [7, 11) is 0.763. The molecule has 0 aliphatic rings. The van der Waals surface area contributed by atoms with Gasteiger partial charge in [0.2, 0.25) is 10.0 Å². The van der Waals surface area contributed by atoms with E-state index in [0.29, 0.717) is 17.0 Å². The van der Waals surface area contributed by atoms with Crippen LogP contribution in [0.4, 0.5) is 5.69 Å². The van der Waals surface area contributed by atoms with Crippen LogP contribution in [0.1, 0.15) is 5.56 Å². The number of oxime groups is 1. The van der Waals surface area contributed by atoms with Gasteiger partial charge in [-0.15, -0.1) is 0 Å². The molecule has 3 N–H and O–H groups in total. The Bertz CT molecular complexity index is 973. The van der Waals surface area contributed by atoms with Crippen molar-refractivity contribution in [3.05, 3.63) is 54.1 Å². The standard InChI is InChI=1S/C18H22N4O5S/c1-22(2)28(24,25)14-8-6-7-13(11-14)20-17(23)12-27-21-18(19)15-9-4-5-10-16(15)26-3/h4-11H,12H2,1-3H3,(H2,19,21)(H,20,23). The smallest absolute Gasteiger partial charge is 0.265 e. The lowest BCUT2D eigenvalue weighted by molar-refractivity contribution is -0.120. The number of rotatable bonds is 8. The molecule has 0 fully saturated rings. The summed E-state index contributed by atoms with van der Waals surface area (Å²) in [5.41, 5.74) is 6.70. The van der Waals surface area contributed by atoms with Crippen molar-refractivity contribution >= 4 is 27.5 Å². The Morgan fingerprint density at radius 1 is 1.18 bits per heavy atom. The van der Waals surface area contributed by atoms with Gasteiger partial charge in [-0.2, -0.15) is 0 Å². The van der Waals surface area contributed by atoms with Crippen molar-refractivity contribution in [1.29, 1.82) is 0 Å². The van der Waals surface area contributed by atoms with E-state index in [0.717, 1.165) is 4.31 Å². The molecule has 0 aromatic heterocycles. The average Bonchev–Trinajstić information content (AvgIpc) is 2.67. The van der Waals surface area contributed by atoms with E-state index in [9.17, 15) is 13.2 Å². The van der Waals surface area contributed by atoms with Crippen LogP contribution in [-0.2, 0) is 19.7 Å². The van der Waals surface area contributed by atoms with E-state index in [4.69, 9.17) is 15.3 Å². The van der Waals surface area contributed by atoms with Crippen LogP contribution in [0, 0.1) is 0 Å². The van der Waals surface area contributed by atoms with Gasteiger partial charge in [-0.1, -0.05) is 23.4 Å². The molecule has 0 aliphatic carbocycles. The fourth-order valence-corrected chi connectivity index (χ4v) is 3.16. The Labute approximate surface area is 163 Å². The molecule has 2 rings (SSSR count). The first-order chi connectivity index (χ1) is 13.3. The highest BCUT2D eigenvalue weighted by atomic mass is 32.2. The second-order valence-corrected chi connectivity index (χ2v) is 7.97. The first kappa shape index (κ1) is 21.2. The Kier molecular flexibility index (Phi) is 6.96. The van der Waals surface area contributed by atoms with Gasteiger partial charge in [-0.05, 0) is 30.3 Å². The molecule has 0 unspecified atom stereocenters. The van der Waals surface area contributed by atoms with E-state index in [1.807, 2.05) is 0 Å². The van der Waals surface area contributed by atoms with Crippen LogP contribution >= 0.6 is 0 Å². The molecule has 10 heteroatoms. The summed E-state index contributed by atoms with van der Waals surface area (Å²) < 4.78 is 30.6. The van der Waals surface area contributed by atoms with Crippen LogP contribution in [-0.4, -0.2) is 52.3 Å². The number of hydrogen-bond acceptors (Lipinski definition) is 6. The number of carbonyl (C=O) groups excluding carboxylic acids is 1. The van der Waals surface area contributed by atoms with Gasteiger partial charge < -0.3 is 20.6 Å². The molecule has 28 heavy (non-hydrogen) atoms. The summed E-state index contributed by atoms with van der Waals surface area (Å²) in [6.45, 7) is -0.402. The summed E-state index contributed by atoms with van der Waals surface area (Å²) in [5.74, 6) is 0.0658. The molecular weight excluding hydrogens is 384 g/mol. The molecule has 1 amide bonds. The molecule has 0 aliphatic heterocycles. The van der Waals surface area contributed by atoms with E-state index >= 15 is 0 Å². The number of anilines is 1. The fraction of sp³-hybridized carbons (Fsp3) is 0.222. The lowest BCUT2D eigenvalue weighted by atomic mass is 10.2. The second kappa shape index (κ2) is 9.20. The minimum atomic E-state index is -3.60. The third kappa shape index (κ3) is 5.21. The maximum Gasteiger partial charge on any atom is 0.265 e. The van der Waals surface area contributed by atoms with E-state index in [1.165, 1.54) is 39.4 Å². The molecule has 0 spiro atoms. The minimum Gasteiger partial charge on any atom is -0.496 e. The lowest BCUT2D eigenvalue weighted by Gasteiger charge is -2.12. The second-order valence-electron chi connectivity index (χ2n) is 5.81. The molecular formula is C18H22N4O5S. The number of carbonyl (C=O) groups is 1. The number of ether oxygens (including phenoxy) is 1. The normalized spacial score (nSPS) is 11.9. The zero-order valence-electron chi connectivity index (χ0n) is 15.7. The predicted molar refractivity (Wildman–Crippen MR) is 106 cm³/mol. The van der Waals surface area contributed by atoms with Crippen LogP contribution in [0.15, 0.2) is 58.6 Å². The highest BCUT2D eigenvalue weighted by molar-refractivity contribution is 7.89. The van der Waals surface area contributed by atoms with Crippen molar-refractivity contribution in [3.63, 3.8) is 0 Å². The molecule has 0 radical (unpaired) electrons. The summed E-state index contributed by atoms with van der Waals surface area (Å²) in [6.07, 6.45) is 0. The quantitative estimate of drug-likeness (QED) is 0.386. The van der Waals surface area contributed by atoms with E-state index in [-0.39, 0.29) is 10.7 Å². The first-order valence-electron chi connectivity index (χ1n) is 8.17. The zero-order valence-corrected chi connectivity index (χ0v) is 16.6. The number of nitrogens with two attached hydrogens (primary N) is 1. The van der Waals surface area contributed by atoms with Crippen molar-refractivity contribution < 1.29 is 22.8 Å². The SMILES string of the molecule is COc1ccccc1/C(N)=N/OCC(=O)Nc1cccc(S(=O)(=O)N(C)C)c1. The Balaban J connectivity index is 2.00. The van der Waals surface area contributed by atoms with Crippen molar-refractivity contribution in [2.75, 3.05) is 33.1 Å². The zero-order chi connectivity index (χ0) is 20.7. The van der Waals surface area contributed by atoms with Gasteiger partial charge in [0, 0.05) is 19.8 Å². The number of benzene rings is 2. The maximum absolute atomic E-state index is 12.2. The summed E-state index contributed by atoms with van der Waals surface area (Å²) in [6, 6.07) is 12.9. The number of para-hydroxylation sites is 1. The van der Waals surface area contributed by atoms with Gasteiger partial charge in [0.1, 0.15) is 5.75 Å². The molecule has 150 valence electrons. The lowest BCUT2D eigenvalue weighted by Crippen LogP contribution is -2.23. The number of nitrogens with zero attached hydrogens (tertiary/aromatic N) is 2. The van der Waals surface area contributed by atoms with Crippen LogP contribution in [0.5, 0.6) is 5.75 Å². The van der Waals surface area contributed by atoms with Gasteiger partial charge in [-0.25, -0.2) is 12.7 Å². The molecule has 0 heterocycles. The minimum absolute atomic E-state index is 0.0596. The number of amides is 1. The van der Waals surface area contributed by atoms with Gasteiger partial charge in [0.25, 0.3) is 5.91 Å². The number of sulfonamides is 1. The number of nitrogens with one attached hydrogen (secondary N) is 1. The Morgan fingerprint density at radius 3 is 2.57 bits per heavy atom. The molecule has 0 saturated heterocycles. The van der Waals surface area contributed by atoms with Gasteiger partial charge in [0.15, 0.2) is 12.4 Å². The van der Waals surface area contributed by atoms with Gasteiger partial charge >= 0.3 is 0 Å². The number of methoxy groups -OCH3 is 1. The van der Waals surface area contributed by atoms with Gasteiger partial charge in [-0.3, -0.25) is 4.79 Å². The highest BCUT2D eigenvalue weighted by Gasteiger charge is 2.17. The molecule has 0 atom stereocenters. The maximum atomic E-state index is 12.2. The van der Waals surface area contributed by atoms with Crippen molar-refractivity contribution in [1.82, 2.24) is 4.31 Å². The highest BCUT2D eigenvalue weighted by Crippen LogP contribution is 2.18. The van der Waals surface area contributed by atoms with Crippen LogP contribution in [0.2, 0.25) is 0 Å². The summed E-state index contributed by atoms with van der Waals surface area (Å²) in [4.78, 5) is 17.1. The molecule has 0 saturated carbocycles. The first-order valence-corrected chi connectivity index (χ1v) is 9.61. The summed E-state index contributed by atoms with van der Waals surface area (Å²) in [5, 5.41) is 6.26. The molecule has 2 aromatic rings. The fourth-order valence-electron chi connectivity index (χ4n) is 2.21. The van der Waals surface area contributed by atoms with Crippen molar-refractivity contribution in [3.8, 4) is 5.75 Å². The molecule has 9 nitrogen and oxygen atoms in total. The predicted octanol–water partition coefficient (Wildman–Crippen LogP) is 1.22. The Morgan fingerprint density at radius 2 is 1.89 bits per heavy atom. The topological polar surface area (TPSA) is 123 Å². The van der Waals surface area contributed by atoms with Crippen LogP contribution < -0.4 is 15.8 Å². The van der Waals surface area contributed by atoms with E-state index in [1.54, 1.807) is 30.3 Å². The van der Waals surface area contributed by atoms with Crippen LogP contribution in [0.3, 0.4) is 0 Å². The monoisotopic (exact) mass is 406 g/mol. The third-order valence-corrected chi connectivity index (χ3v) is 5.45. The van der Waals surface area contributed by atoms with E-state index in [2.05, 4.69) is 10.5 Å². The summed E-state index contributed by atoms with van der Waals surface area (Å²) >= 11 is 0. The number of amidine groups is 1. The van der Waals surface area contributed by atoms with Crippen LogP contribution in [0.25, 0.3) is 0 Å². The molecule has 2 aromatic carbocycles. The van der Waals surface area contributed by atoms with Gasteiger partial charge in [0.05, 0.1) is 17.6 Å². The molecule has 0 bridgehead atoms. The largest absolute Gasteiger partial charge is 0.496 e. The third-order valence-electron chi connectivity index (χ3n) is 3.64. The van der Waals surface area contributed by atoms with E-state index < -0.39 is 22.5 Å². The Hall–Kier alpha value is -3.11. The van der Waals surface area contributed by atoms with Crippen molar-refractivity contribution in [2.45, 2.75) is 4.90 Å². The average molecular weight is 406 g/mol. The number of hydrogen-bond donors (Lipinski definition) is 2.